The van der Waals surface area contributed by atoms with Crippen molar-refractivity contribution in [2.45, 2.75) is 19.4 Å². The first-order valence-corrected chi connectivity index (χ1v) is 4.87. The van der Waals surface area contributed by atoms with Crippen molar-refractivity contribution in [2.24, 2.45) is 0 Å². The van der Waals surface area contributed by atoms with Crippen molar-refractivity contribution in [2.75, 3.05) is 12.4 Å². The summed E-state index contributed by atoms with van der Waals surface area (Å²) in [5.41, 5.74) is 0.500. The number of carbonyl (C=O) groups excluding carboxylic acids is 1. The van der Waals surface area contributed by atoms with Crippen molar-refractivity contribution >= 4 is 23.5 Å². The standard InChI is InChI=1S/C9H12ClNO3/c1-6-2-3-7(8(12)4-10)5-11(6)9(13)14/h3,6H,2,4-5H2,1H3,(H,13,14)/t6-/m1/s1. The van der Waals surface area contributed by atoms with Crippen molar-refractivity contribution in [1.29, 1.82) is 0 Å². The van der Waals surface area contributed by atoms with Gasteiger partial charge in [0, 0.05) is 11.6 Å². The molecule has 1 aliphatic rings. The van der Waals surface area contributed by atoms with E-state index < -0.39 is 6.09 Å². The zero-order valence-electron chi connectivity index (χ0n) is 7.86. The molecule has 1 amide bonds. The monoisotopic (exact) mass is 217 g/mol. The molecule has 1 atom stereocenters. The molecule has 1 heterocycles. The van der Waals surface area contributed by atoms with Gasteiger partial charge in [-0.1, -0.05) is 6.08 Å². The second kappa shape index (κ2) is 4.46. The zero-order chi connectivity index (χ0) is 10.7. The van der Waals surface area contributed by atoms with E-state index in [0.29, 0.717) is 12.0 Å². The number of amides is 1. The molecular weight excluding hydrogens is 206 g/mol. The molecule has 0 bridgehead atoms. The molecule has 0 unspecified atom stereocenters. The van der Waals surface area contributed by atoms with Crippen molar-refractivity contribution in [1.82, 2.24) is 4.90 Å². The number of hydrogen-bond acceptors (Lipinski definition) is 2. The molecule has 78 valence electrons. The predicted molar refractivity (Wildman–Crippen MR) is 52.6 cm³/mol. The molecule has 1 N–H and O–H groups in total. The summed E-state index contributed by atoms with van der Waals surface area (Å²) in [5.74, 6) is -0.280. The smallest absolute Gasteiger partial charge is 0.407 e. The van der Waals surface area contributed by atoms with Gasteiger partial charge in [-0.2, -0.15) is 0 Å². The average molecular weight is 218 g/mol. The first kappa shape index (κ1) is 11.0. The lowest BCUT2D eigenvalue weighted by atomic mass is 10.0. The third-order valence-corrected chi connectivity index (χ3v) is 2.55. The van der Waals surface area contributed by atoms with Crippen LogP contribution in [0.15, 0.2) is 11.6 Å². The van der Waals surface area contributed by atoms with Crippen LogP contribution in [-0.4, -0.2) is 40.3 Å². The first-order valence-electron chi connectivity index (χ1n) is 4.34. The van der Waals surface area contributed by atoms with Gasteiger partial charge in [-0.3, -0.25) is 4.79 Å². The lowest BCUT2D eigenvalue weighted by molar-refractivity contribution is -0.113. The van der Waals surface area contributed by atoms with E-state index >= 15 is 0 Å². The van der Waals surface area contributed by atoms with Crippen LogP contribution in [-0.2, 0) is 4.79 Å². The van der Waals surface area contributed by atoms with Crippen LogP contribution in [0.3, 0.4) is 0 Å². The molecule has 0 saturated carbocycles. The first-order chi connectivity index (χ1) is 6.56. The molecule has 14 heavy (non-hydrogen) atoms. The summed E-state index contributed by atoms with van der Waals surface area (Å²) in [5, 5.41) is 8.84. The maximum atomic E-state index is 11.2. The fraction of sp³-hybridized carbons (Fsp3) is 0.556. The van der Waals surface area contributed by atoms with Gasteiger partial charge < -0.3 is 10.0 Å². The fourth-order valence-corrected chi connectivity index (χ4v) is 1.56. The van der Waals surface area contributed by atoms with Gasteiger partial charge in [0.25, 0.3) is 0 Å². The number of nitrogens with zero attached hydrogens (tertiary/aromatic N) is 1. The van der Waals surface area contributed by atoms with Crippen LogP contribution < -0.4 is 0 Å². The minimum Gasteiger partial charge on any atom is -0.465 e. The van der Waals surface area contributed by atoms with Gasteiger partial charge in [0.2, 0.25) is 0 Å². The Hall–Kier alpha value is -1.03. The number of hydrogen-bond donors (Lipinski definition) is 1. The maximum Gasteiger partial charge on any atom is 0.407 e. The Morgan fingerprint density at radius 2 is 2.36 bits per heavy atom. The Morgan fingerprint density at radius 1 is 1.71 bits per heavy atom. The molecule has 0 aromatic heterocycles. The Balaban J connectivity index is 2.76. The second-order valence-corrected chi connectivity index (χ2v) is 3.55. The summed E-state index contributed by atoms with van der Waals surface area (Å²) in [6, 6.07) is -0.0700. The van der Waals surface area contributed by atoms with Crippen LogP contribution in [0.2, 0.25) is 0 Å². The summed E-state index contributed by atoms with van der Waals surface area (Å²) >= 11 is 5.39. The van der Waals surface area contributed by atoms with Crippen LogP contribution in [0.5, 0.6) is 0 Å². The quantitative estimate of drug-likeness (QED) is 0.713. The molecule has 0 radical (unpaired) electrons. The van der Waals surface area contributed by atoms with E-state index in [2.05, 4.69) is 0 Å². The van der Waals surface area contributed by atoms with E-state index in [1.165, 1.54) is 4.90 Å². The highest BCUT2D eigenvalue weighted by atomic mass is 35.5. The Kier molecular flexibility index (Phi) is 3.52. The molecule has 0 aliphatic carbocycles. The number of ketones is 1. The van der Waals surface area contributed by atoms with E-state index in [9.17, 15) is 9.59 Å². The van der Waals surface area contributed by atoms with Gasteiger partial charge in [-0.25, -0.2) is 4.79 Å². The summed E-state index contributed by atoms with van der Waals surface area (Å²) in [6.45, 7) is 1.97. The summed E-state index contributed by atoms with van der Waals surface area (Å²) in [7, 11) is 0. The minimum absolute atomic E-state index is 0.0700. The van der Waals surface area contributed by atoms with E-state index in [1.54, 1.807) is 6.08 Å². The Labute approximate surface area is 87.1 Å². The number of Topliss-reactive ketones (excluding diaryl/α,β-unsaturated/α-hetero) is 1. The number of carboxylic acid groups (broad SMARTS) is 1. The van der Waals surface area contributed by atoms with E-state index in [1.807, 2.05) is 6.92 Å². The zero-order valence-corrected chi connectivity index (χ0v) is 8.62. The van der Waals surface area contributed by atoms with Gasteiger partial charge in [-0.15, -0.1) is 11.6 Å². The van der Waals surface area contributed by atoms with E-state index in [0.717, 1.165) is 0 Å². The number of alkyl halides is 1. The lowest BCUT2D eigenvalue weighted by Gasteiger charge is -2.30. The highest BCUT2D eigenvalue weighted by Crippen LogP contribution is 2.17. The summed E-state index contributed by atoms with van der Waals surface area (Å²) in [6.07, 6.45) is 1.35. The second-order valence-electron chi connectivity index (χ2n) is 3.28. The van der Waals surface area contributed by atoms with Crippen molar-refractivity contribution in [3.05, 3.63) is 11.6 Å². The molecular formula is C9H12ClNO3. The van der Waals surface area contributed by atoms with E-state index in [4.69, 9.17) is 16.7 Å². The van der Waals surface area contributed by atoms with Gasteiger partial charge in [-0.05, 0) is 13.3 Å². The van der Waals surface area contributed by atoms with Crippen LogP contribution in [0.25, 0.3) is 0 Å². The number of halogens is 1. The third kappa shape index (κ3) is 2.26. The van der Waals surface area contributed by atoms with Crippen LogP contribution in [0.4, 0.5) is 4.79 Å². The van der Waals surface area contributed by atoms with Crippen LogP contribution in [0, 0.1) is 0 Å². The lowest BCUT2D eigenvalue weighted by Crippen LogP contribution is -2.42. The van der Waals surface area contributed by atoms with Crippen molar-refractivity contribution in [3.63, 3.8) is 0 Å². The van der Waals surface area contributed by atoms with Gasteiger partial charge in [0.05, 0.1) is 12.4 Å². The normalized spacial score (nSPS) is 21.7. The highest BCUT2D eigenvalue weighted by Gasteiger charge is 2.25. The highest BCUT2D eigenvalue weighted by molar-refractivity contribution is 6.30. The van der Waals surface area contributed by atoms with Crippen LogP contribution >= 0.6 is 11.6 Å². The average Bonchev–Trinajstić information content (AvgIpc) is 2.17. The number of carbonyl (C=O) groups is 2. The molecule has 5 heteroatoms. The molecule has 0 fully saturated rings. The molecule has 1 aliphatic heterocycles. The molecule has 0 spiro atoms. The van der Waals surface area contributed by atoms with Gasteiger partial charge in [0.1, 0.15) is 0 Å². The molecule has 1 rings (SSSR count). The fourth-order valence-electron chi connectivity index (χ4n) is 1.39. The van der Waals surface area contributed by atoms with Gasteiger partial charge >= 0.3 is 6.09 Å². The topological polar surface area (TPSA) is 57.6 Å². The number of rotatable bonds is 2. The predicted octanol–water partition coefficient (Wildman–Crippen LogP) is 1.49. The SMILES string of the molecule is C[C@@H]1CC=C(C(=O)CCl)CN1C(=O)O. The molecule has 0 aromatic carbocycles. The van der Waals surface area contributed by atoms with Crippen LogP contribution in [0.1, 0.15) is 13.3 Å². The maximum absolute atomic E-state index is 11.2. The molecule has 0 aromatic rings. The third-order valence-electron chi connectivity index (χ3n) is 2.30. The van der Waals surface area contributed by atoms with E-state index in [-0.39, 0.29) is 24.2 Å². The largest absolute Gasteiger partial charge is 0.465 e. The van der Waals surface area contributed by atoms with Gasteiger partial charge in [0.15, 0.2) is 5.78 Å². The summed E-state index contributed by atoms with van der Waals surface area (Å²) in [4.78, 5) is 23.2. The Morgan fingerprint density at radius 3 is 2.86 bits per heavy atom. The molecule has 4 nitrogen and oxygen atoms in total. The summed E-state index contributed by atoms with van der Waals surface area (Å²) < 4.78 is 0. The minimum atomic E-state index is -0.995. The van der Waals surface area contributed by atoms with Crippen molar-refractivity contribution < 1.29 is 14.7 Å². The molecule has 0 saturated heterocycles. The Bertz CT molecular complexity index is 288. The van der Waals surface area contributed by atoms with Crippen molar-refractivity contribution in [3.8, 4) is 0 Å².